The standard InChI is InChI=1S/C22H25Cl2NO11/c1-10(26)25-19-21(34-13(4)29)20(33-12(3)28)17(8-31-11(2)27)35-22(19)36-18(30)9-32-16-6-5-14(23)7-15(16)24/h5-7,17,19-22H,8-9H2,1-4H3,(H,25,26)/t17-,19+,20-,21+,22+/m1/s1. The fourth-order valence-corrected chi connectivity index (χ4v) is 3.75. The molecule has 0 spiro atoms. The molecule has 1 heterocycles. The molecule has 2 rings (SSSR count). The molecule has 5 atom stereocenters. The topological polar surface area (TPSA) is 153 Å². The molecule has 0 aliphatic carbocycles. The second-order valence-corrected chi connectivity index (χ2v) is 8.42. The zero-order valence-electron chi connectivity index (χ0n) is 19.8. The number of hydrogen-bond donors (Lipinski definition) is 1. The van der Waals surface area contributed by atoms with Gasteiger partial charge in [0.1, 0.15) is 24.5 Å². The Labute approximate surface area is 216 Å². The molecule has 1 aromatic rings. The molecule has 14 heteroatoms. The van der Waals surface area contributed by atoms with Crippen molar-refractivity contribution in [1.29, 1.82) is 0 Å². The van der Waals surface area contributed by atoms with Crippen molar-refractivity contribution < 1.29 is 52.4 Å². The molecule has 0 bridgehead atoms. The first-order valence-electron chi connectivity index (χ1n) is 10.5. The Morgan fingerprint density at radius 1 is 0.917 bits per heavy atom. The van der Waals surface area contributed by atoms with Gasteiger partial charge < -0.3 is 33.7 Å². The van der Waals surface area contributed by atoms with E-state index in [2.05, 4.69) is 5.32 Å². The number of nitrogens with one attached hydrogen (secondary N) is 1. The molecule has 1 aliphatic heterocycles. The molecule has 1 N–H and O–H groups in total. The van der Waals surface area contributed by atoms with Gasteiger partial charge in [-0.15, -0.1) is 0 Å². The highest BCUT2D eigenvalue weighted by atomic mass is 35.5. The first-order chi connectivity index (χ1) is 16.9. The van der Waals surface area contributed by atoms with Crippen molar-refractivity contribution in [1.82, 2.24) is 5.32 Å². The van der Waals surface area contributed by atoms with Crippen LogP contribution in [0.3, 0.4) is 0 Å². The molecular weight excluding hydrogens is 525 g/mol. The Hall–Kier alpha value is -3.09. The van der Waals surface area contributed by atoms with Crippen LogP contribution in [0.4, 0.5) is 0 Å². The lowest BCUT2D eigenvalue weighted by molar-refractivity contribution is -0.272. The maximum atomic E-state index is 12.6. The fourth-order valence-electron chi connectivity index (χ4n) is 3.28. The maximum Gasteiger partial charge on any atom is 0.346 e. The number of ether oxygens (including phenoxy) is 6. The van der Waals surface area contributed by atoms with E-state index in [4.69, 9.17) is 51.6 Å². The Balaban J connectivity index is 2.29. The van der Waals surface area contributed by atoms with E-state index < -0.39 is 73.6 Å². The van der Waals surface area contributed by atoms with E-state index in [9.17, 15) is 24.0 Å². The van der Waals surface area contributed by atoms with E-state index in [1.807, 2.05) is 0 Å². The highest BCUT2D eigenvalue weighted by Gasteiger charge is 2.52. The van der Waals surface area contributed by atoms with Gasteiger partial charge in [0.25, 0.3) is 0 Å². The molecule has 0 unspecified atom stereocenters. The van der Waals surface area contributed by atoms with Gasteiger partial charge in [-0.05, 0) is 18.2 Å². The highest BCUT2D eigenvalue weighted by molar-refractivity contribution is 6.35. The summed E-state index contributed by atoms with van der Waals surface area (Å²) in [6, 6.07) is 3.07. The lowest BCUT2D eigenvalue weighted by atomic mass is 9.96. The third-order valence-corrected chi connectivity index (χ3v) is 5.09. The second kappa shape index (κ2) is 13.3. The first-order valence-corrected chi connectivity index (χ1v) is 11.3. The molecular formula is C22H25Cl2NO11. The average molecular weight is 550 g/mol. The molecule has 1 aliphatic rings. The van der Waals surface area contributed by atoms with Crippen molar-refractivity contribution in [3.63, 3.8) is 0 Å². The van der Waals surface area contributed by atoms with Crippen LogP contribution in [0.15, 0.2) is 18.2 Å². The van der Waals surface area contributed by atoms with E-state index in [1.165, 1.54) is 25.1 Å². The van der Waals surface area contributed by atoms with Gasteiger partial charge in [-0.25, -0.2) is 4.79 Å². The summed E-state index contributed by atoms with van der Waals surface area (Å²) in [7, 11) is 0. The number of rotatable bonds is 9. The van der Waals surface area contributed by atoms with Crippen LogP contribution in [-0.4, -0.2) is 73.6 Å². The summed E-state index contributed by atoms with van der Waals surface area (Å²) >= 11 is 11.9. The molecule has 0 saturated carbocycles. The Bertz CT molecular complexity index is 1000. The third kappa shape index (κ3) is 8.85. The zero-order valence-corrected chi connectivity index (χ0v) is 21.3. The van der Waals surface area contributed by atoms with Crippen molar-refractivity contribution >= 4 is 53.0 Å². The summed E-state index contributed by atoms with van der Waals surface area (Å²) in [5, 5.41) is 2.99. The predicted octanol–water partition coefficient (Wildman–Crippen LogP) is 1.57. The van der Waals surface area contributed by atoms with Crippen LogP contribution in [0.1, 0.15) is 27.7 Å². The molecule has 1 aromatic carbocycles. The van der Waals surface area contributed by atoms with Gasteiger partial charge in [-0.3, -0.25) is 19.2 Å². The van der Waals surface area contributed by atoms with Crippen LogP contribution >= 0.6 is 23.2 Å². The lowest BCUT2D eigenvalue weighted by Gasteiger charge is -2.44. The molecule has 36 heavy (non-hydrogen) atoms. The van der Waals surface area contributed by atoms with Crippen molar-refractivity contribution in [2.75, 3.05) is 13.2 Å². The van der Waals surface area contributed by atoms with Crippen LogP contribution in [0.25, 0.3) is 0 Å². The summed E-state index contributed by atoms with van der Waals surface area (Å²) in [5.74, 6) is -3.60. The number of halogens is 2. The normalized spacial score (nSPS) is 23.1. The van der Waals surface area contributed by atoms with Crippen LogP contribution in [-0.2, 0) is 47.7 Å². The van der Waals surface area contributed by atoms with E-state index in [-0.39, 0.29) is 10.8 Å². The average Bonchev–Trinajstić information content (AvgIpc) is 2.75. The van der Waals surface area contributed by atoms with Crippen LogP contribution < -0.4 is 10.1 Å². The minimum Gasteiger partial charge on any atom is -0.480 e. The van der Waals surface area contributed by atoms with Gasteiger partial charge >= 0.3 is 23.9 Å². The van der Waals surface area contributed by atoms with Gasteiger partial charge in [0.2, 0.25) is 12.2 Å². The number of amides is 1. The first kappa shape index (κ1) is 29.1. The Kier molecular flexibility index (Phi) is 10.8. The summed E-state index contributed by atoms with van der Waals surface area (Å²) < 4.78 is 32.0. The molecule has 1 saturated heterocycles. The Morgan fingerprint density at radius 3 is 2.11 bits per heavy atom. The number of carbonyl (C=O) groups excluding carboxylic acids is 5. The third-order valence-electron chi connectivity index (χ3n) is 4.56. The number of carbonyl (C=O) groups is 5. The molecule has 1 amide bonds. The van der Waals surface area contributed by atoms with E-state index in [0.717, 1.165) is 20.8 Å². The van der Waals surface area contributed by atoms with Crippen molar-refractivity contribution in [2.24, 2.45) is 0 Å². The molecule has 198 valence electrons. The minimum atomic E-state index is -1.55. The Morgan fingerprint density at radius 2 is 1.56 bits per heavy atom. The van der Waals surface area contributed by atoms with E-state index in [0.29, 0.717) is 5.02 Å². The van der Waals surface area contributed by atoms with Gasteiger partial charge in [-0.1, -0.05) is 23.2 Å². The monoisotopic (exact) mass is 549 g/mol. The van der Waals surface area contributed by atoms with E-state index >= 15 is 0 Å². The highest BCUT2D eigenvalue weighted by Crippen LogP contribution is 2.29. The van der Waals surface area contributed by atoms with Crippen LogP contribution in [0.5, 0.6) is 5.75 Å². The van der Waals surface area contributed by atoms with Gasteiger partial charge in [0.15, 0.2) is 18.8 Å². The fraction of sp³-hybridized carbons (Fsp3) is 0.500. The summed E-state index contributed by atoms with van der Waals surface area (Å²) in [5.41, 5.74) is 0. The largest absolute Gasteiger partial charge is 0.480 e. The van der Waals surface area contributed by atoms with Crippen molar-refractivity contribution in [2.45, 2.75) is 58.3 Å². The molecule has 0 radical (unpaired) electrons. The SMILES string of the molecule is CC(=O)N[C@@H]1[C@H](OC(=O)COc2ccc(Cl)cc2Cl)O[C@H](COC(C)=O)[C@@H](OC(C)=O)[C@H]1OC(C)=O. The van der Waals surface area contributed by atoms with Gasteiger partial charge in [-0.2, -0.15) is 0 Å². The molecule has 0 aromatic heterocycles. The summed E-state index contributed by atoms with van der Waals surface area (Å²) in [6.45, 7) is 3.45. The second-order valence-electron chi connectivity index (χ2n) is 7.57. The summed E-state index contributed by atoms with van der Waals surface area (Å²) in [4.78, 5) is 59.4. The number of benzene rings is 1. The van der Waals surface area contributed by atoms with Gasteiger partial charge in [0.05, 0.1) is 5.02 Å². The zero-order chi connectivity index (χ0) is 27.0. The van der Waals surface area contributed by atoms with Crippen molar-refractivity contribution in [3.8, 4) is 5.75 Å². The summed E-state index contributed by atoms with van der Waals surface area (Å²) in [6.07, 6.45) is -5.46. The molecule has 12 nitrogen and oxygen atoms in total. The van der Waals surface area contributed by atoms with Crippen LogP contribution in [0, 0.1) is 0 Å². The van der Waals surface area contributed by atoms with E-state index in [1.54, 1.807) is 0 Å². The predicted molar refractivity (Wildman–Crippen MR) is 122 cm³/mol. The van der Waals surface area contributed by atoms with Crippen molar-refractivity contribution in [3.05, 3.63) is 28.2 Å². The smallest absolute Gasteiger partial charge is 0.346 e. The maximum absolute atomic E-state index is 12.6. The number of esters is 4. The van der Waals surface area contributed by atoms with Crippen LogP contribution in [0.2, 0.25) is 10.0 Å². The molecule has 1 fully saturated rings. The quantitative estimate of drug-likeness (QED) is 0.352. The number of hydrogen-bond acceptors (Lipinski definition) is 11. The lowest BCUT2D eigenvalue weighted by Crippen LogP contribution is -2.66. The minimum absolute atomic E-state index is 0.154. The van der Waals surface area contributed by atoms with Gasteiger partial charge in [0, 0.05) is 32.7 Å².